The van der Waals surface area contributed by atoms with Crippen LogP contribution >= 0.6 is 0 Å². The maximum atomic E-state index is 5.81. The molecule has 0 unspecified atom stereocenters. The number of nitrogens with zero attached hydrogens (tertiary/aromatic N) is 3. The zero-order valence-electron chi connectivity index (χ0n) is 10.8. The van der Waals surface area contributed by atoms with Crippen LogP contribution in [-0.4, -0.2) is 42.9 Å². The van der Waals surface area contributed by atoms with Gasteiger partial charge >= 0.3 is 0 Å². The van der Waals surface area contributed by atoms with Crippen LogP contribution in [0.25, 0.3) is 0 Å². The van der Waals surface area contributed by atoms with Crippen molar-refractivity contribution in [2.24, 2.45) is 0 Å². The molecule has 2 heterocycles. The van der Waals surface area contributed by atoms with Crippen molar-refractivity contribution < 1.29 is 9.47 Å². The lowest BCUT2D eigenvalue weighted by Gasteiger charge is -2.21. The van der Waals surface area contributed by atoms with Crippen LogP contribution in [0.4, 0.5) is 11.6 Å². The van der Waals surface area contributed by atoms with Crippen LogP contribution in [0.5, 0.6) is 0 Å². The van der Waals surface area contributed by atoms with Crippen molar-refractivity contribution in [1.29, 1.82) is 0 Å². The van der Waals surface area contributed by atoms with Crippen molar-refractivity contribution in [2.75, 3.05) is 43.5 Å². The van der Waals surface area contributed by atoms with Crippen LogP contribution in [0.3, 0.4) is 0 Å². The molecule has 0 aromatic carbocycles. The summed E-state index contributed by atoms with van der Waals surface area (Å²) in [5.41, 5.74) is 5.81. The number of nitrogen functional groups attached to an aromatic ring is 1. The molecule has 0 atom stereocenters. The Bertz CT molecular complexity index is 378. The largest absolute Gasteiger partial charge is 0.384 e. The summed E-state index contributed by atoms with van der Waals surface area (Å²) in [5.74, 6) is 1.99. The van der Waals surface area contributed by atoms with E-state index < -0.39 is 0 Å². The standard InChI is InChI=1S/C12H20N4O2/c1-2-17-9-11-14-10(13)8-12(15-11)16-4-3-6-18-7-5-16/h8H,2-7,9H2,1H3,(H2,13,14,15). The monoisotopic (exact) mass is 252 g/mol. The topological polar surface area (TPSA) is 73.5 Å². The molecule has 1 aromatic rings. The molecule has 18 heavy (non-hydrogen) atoms. The molecular weight excluding hydrogens is 232 g/mol. The summed E-state index contributed by atoms with van der Waals surface area (Å²) >= 11 is 0. The summed E-state index contributed by atoms with van der Waals surface area (Å²) < 4.78 is 10.7. The molecule has 0 aliphatic carbocycles. The van der Waals surface area contributed by atoms with E-state index in [9.17, 15) is 0 Å². The molecule has 6 heteroatoms. The molecule has 1 fully saturated rings. The molecule has 2 rings (SSSR count). The first-order valence-corrected chi connectivity index (χ1v) is 6.33. The molecule has 0 amide bonds. The first-order chi connectivity index (χ1) is 8.79. The van der Waals surface area contributed by atoms with Gasteiger partial charge in [0.1, 0.15) is 18.2 Å². The van der Waals surface area contributed by atoms with Crippen LogP contribution in [0.1, 0.15) is 19.2 Å². The van der Waals surface area contributed by atoms with Crippen LogP contribution in [-0.2, 0) is 16.1 Å². The molecule has 0 spiro atoms. The summed E-state index contributed by atoms with van der Waals surface area (Å²) in [5, 5.41) is 0. The van der Waals surface area contributed by atoms with Gasteiger partial charge in [0.2, 0.25) is 0 Å². The fraction of sp³-hybridized carbons (Fsp3) is 0.667. The molecule has 0 saturated carbocycles. The van der Waals surface area contributed by atoms with Gasteiger partial charge in [0.25, 0.3) is 0 Å². The maximum Gasteiger partial charge on any atom is 0.158 e. The highest BCUT2D eigenvalue weighted by molar-refractivity contribution is 5.47. The third-order valence-electron chi connectivity index (χ3n) is 2.76. The van der Waals surface area contributed by atoms with E-state index >= 15 is 0 Å². The van der Waals surface area contributed by atoms with Gasteiger partial charge in [0, 0.05) is 32.4 Å². The van der Waals surface area contributed by atoms with Crippen molar-refractivity contribution in [3.8, 4) is 0 Å². The molecule has 6 nitrogen and oxygen atoms in total. The average Bonchev–Trinajstić information content (AvgIpc) is 2.64. The molecule has 0 radical (unpaired) electrons. The molecule has 1 aliphatic rings. The van der Waals surface area contributed by atoms with Gasteiger partial charge in [-0.05, 0) is 13.3 Å². The zero-order chi connectivity index (χ0) is 12.8. The number of ether oxygens (including phenoxy) is 2. The molecule has 0 bridgehead atoms. The lowest BCUT2D eigenvalue weighted by Crippen LogP contribution is -2.27. The summed E-state index contributed by atoms with van der Waals surface area (Å²) in [4.78, 5) is 10.8. The Kier molecular flexibility index (Phi) is 4.72. The second-order valence-electron chi connectivity index (χ2n) is 4.16. The summed E-state index contributed by atoms with van der Waals surface area (Å²) in [7, 11) is 0. The van der Waals surface area contributed by atoms with Gasteiger partial charge in [-0.25, -0.2) is 9.97 Å². The average molecular weight is 252 g/mol. The minimum Gasteiger partial charge on any atom is -0.384 e. The van der Waals surface area contributed by atoms with Gasteiger partial charge in [-0.2, -0.15) is 0 Å². The van der Waals surface area contributed by atoms with Crippen LogP contribution in [0, 0.1) is 0 Å². The number of aromatic nitrogens is 2. The number of hydrogen-bond donors (Lipinski definition) is 1. The van der Waals surface area contributed by atoms with Crippen LogP contribution in [0.2, 0.25) is 0 Å². The number of nitrogens with two attached hydrogens (primary N) is 1. The molecule has 2 N–H and O–H groups in total. The Morgan fingerprint density at radius 2 is 2.28 bits per heavy atom. The van der Waals surface area contributed by atoms with E-state index in [0.29, 0.717) is 24.9 Å². The minimum atomic E-state index is 0.402. The van der Waals surface area contributed by atoms with Crippen molar-refractivity contribution >= 4 is 11.6 Å². The lowest BCUT2D eigenvalue weighted by molar-refractivity contribution is 0.128. The summed E-state index contributed by atoms with van der Waals surface area (Å²) in [6, 6.07) is 1.81. The Hall–Kier alpha value is -1.40. The molecule has 1 aliphatic heterocycles. The minimum absolute atomic E-state index is 0.402. The molecule has 100 valence electrons. The van der Waals surface area contributed by atoms with Crippen molar-refractivity contribution in [3.63, 3.8) is 0 Å². The highest BCUT2D eigenvalue weighted by Gasteiger charge is 2.13. The van der Waals surface area contributed by atoms with E-state index in [2.05, 4.69) is 14.9 Å². The first-order valence-electron chi connectivity index (χ1n) is 6.33. The van der Waals surface area contributed by atoms with E-state index in [0.717, 1.165) is 38.5 Å². The van der Waals surface area contributed by atoms with Gasteiger partial charge < -0.3 is 20.1 Å². The first kappa shape index (κ1) is 13.0. The van der Waals surface area contributed by atoms with Gasteiger partial charge in [-0.1, -0.05) is 0 Å². The highest BCUT2D eigenvalue weighted by atomic mass is 16.5. The SMILES string of the molecule is CCOCc1nc(N)cc(N2CCCOCC2)n1. The number of rotatable bonds is 4. The van der Waals surface area contributed by atoms with E-state index in [4.69, 9.17) is 15.2 Å². The predicted octanol–water partition coefficient (Wildman–Crippen LogP) is 0.822. The van der Waals surface area contributed by atoms with Gasteiger partial charge in [-0.3, -0.25) is 0 Å². The van der Waals surface area contributed by atoms with E-state index in [1.807, 2.05) is 6.92 Å². The fourth-order valence-corrected chi connectivity index (χ4v) is 1.90. The Morgan fingerprint density at radius 1 is 1.39 bits per heavy atom. The fourth-order valence-electron chi connectivity index (χ4n) is 1.90. The van der Waals surface area contributed by atoms with E-state index in [-0.39, 0.29) is 0 Å². The molecular formula is C12H20N4O2. The van der Waals surface area contributed by atoms with E-state index in [1.54, 1.807) is 6.07 Å². The van der Waals surface area contributed by atoms with Crippen LogP contribution in [0.15, 0.2) is 6.07 Å². The van der Waals surface area contributed by atoms with Gasteiger partial charge in [0.05, 0.1) is 6.61 Å². The third-order valence-corrected chi connectivity index (χ3v) is 2.76. The summed E-state index contributed by atoms with van der Waals surface area (Å²) in [6.45, 7) is 6.30. The number of hydrogen-bond acceptors (Lipinski definition) is 6. The second-order valence-corrected chi connectivity index (χ2v) is 4.16. The van der Waals surface area contributed by atoms with Crippen molar-refractivity contribution in [3.05, 3.63) is 11.9 Å². The van der Waals surface area contributed by atoms with E-state index in [1.165, 1.54) is 0 Å². The van der Waals surface area contributed by atoms with Crippen LogP contribution < -0.4 is 10.6 Å². The van der Waals surface area contributed by atoms with Gasteiger partial charge in [-0.15, -0.1) is 0 Å². The van der Waals surface area contributed by atoms with Gasteiger partial charge in [0.15, 0.2) is 5.82 Å². The zero-order valence-corrected chi connectivity index (χ0v) is 10.8. The Morgan fingerprint density at radius 3 is 3.11 bits per heavy atom. The normalized spacial score (nSPS) is 16.6. The third kappa shape index (κ3) is 3.54. The molecule has 1 aromatic heterocycles. The smallest absolute Gasteiger partial charge is 0.158 e. The van der Waals surface area contributed by atoms with Crippen molar-refractivity contribution in [1.82, 2.24) is 9.97 Å². The Balaban J connectivity index is 2.12. The highest BCUT2D eigenvalue weighted by Crippen LogP contribution is 2.16. The lowest BCUT2D eigenvalue weighted by atomic mass is 10.3. The number of anilines is 2. The maximum absolute atomic E-state index is 5.81. The summed E-state index contributed by atoms with van der Waals surface area (Å²) in [6.07, 6.45) is 1.00. The van der Waals surface area contributed by atoms with Crippen molar-refractivity contribution in [2.45, 2.75) is 20.0 Å². The predicted molar refractivity (Wildman–Crippen MR) is 69.4 cm³/mol. The molecule has 1 saturated heterocycles. The quantitative estimate of drug-likeness (QED) is 0.855. The second kappa shape index (κ2) is 6.51. The Labute approximate surface area is 107 Å².